The maximum Gasteiger partial charge on any atom is 0.148 e. The van der Waals surface area contributed by atoms with E-state index in [9.17, 15) is 0 Å². The second-order valence-corrected chi connectivity index (χ2v) is 7.81. The smallest absolute Gasteiger partial charge is 0.148 e. The minimum absolute atomic E-state index is 0.0349. The Morgan fingerprint density at radius 3 is 2.32 bits per heavy atom. The third-order valence-electron chi connectivity index (χ3n) is 5.69. The van der Waals surface area contributed by atoms with Gasteiger partial charge in [-0.05, 0) is 61.6 Å². The number of aryl methyl sites for hydroxylation is 1. The van der Waals surface area contributed by atoms with Gasteiger partial charge in [0.15, 0.2) is 0 Å². The van der Waals surface area contributed by atoms with Gasteiger partial charge in [0.25, 0.3) is 0 Å². The molecule has 0 N–H and O–H groups in total. The van der Waals surface area contributed by atoms with Crippen LogP contribution in [0.15, 0.2) is 77.3 Å². The van der Waals surface area contributed by atoms with E-state index in [0.29, 0.717) is 5.92 Å². The average Bonchev–Trinajstić information content (AvgIpc) is 3.06. The van der Waals surface area contributed by atoms with Crippen LogP contribution in [0.5, 0.6) is 5.75 Å². The maximum atomic E-state index is 5.34. The predicted octanol–water partition coefficient (Wildman–Crippen LogP) is 5.87. The van der Waals surface area contributed by atoms with Crippen molar-refractivity contribution in [3.05, 3.63) is 83.5 Å². The van der Waals surface area contributed by atoms with Crippen molar-refractivity contribution in [1.29, 1.82) is 0 Å². The Balaban J connectivity index is 1.74. The molecule has 3 nitrogen and oxygen atoms in total. The van der Waals surface area contributed by atoms with E-state index < -0.39 is 0 Å². The average molecular weight is 373 g/mol. The lowest BCUT2D eigenvalue weighted by atomic mass is 9.93. The zero-order valence-corrected chi connectivity index (χ0v) is 17.1. The second-order valence-electron chi connectivity index (χ2n) is 7.81. The number of aliphatic imine (C=N–C) groups is 1. The number of allylic oxidation sites excluding steroid dienone is 3. The molecule has 0 amide bonds. The lowest BCUT2D eigenvalue weighted by Gasteiger charge is -2.31. The van der Waals surface area contributed by atoms with E-state index >= 15 is 0 Å². The maximum absolute atomic E-state index is 5.34. The Morgan fingerprint density at radius 2 is 1.71 bits per heavy atom. The Kier molecular flexibility index (Phi) is 5.08. The Labute approximate surface area is 168 Å². The number of anilines is 1. The molecule has 3 unspecified atom stereocenters. The molecule has 2 aromatic rings. The van der Waals surface area contributed by atoms with Crippen LogP contribution in [-0.2, 0) is 0 Å². The molecule has 0 aromatic heterocycles. The highest BCUT2D eigenvalue weighted by molar-refractivity contribution is 6.09. The fraction of sp³-hybridized carbons (Fsp3) is 0.320. The Bertz CT molecular complexity index is 922. The molecule has 28 heavy (non-hydrogen) atoms. The summed E-state index contributed by atoms with van der Waals surface area (Å²) in [6, 6.07) is 17.2. The second kappa shape index (κ2) is 7.67. The van der Waals surface area contributed by atoms with Crippen LogP contribution in [0.4, 0.5) is 5.69 Å². The van der Waals surface area contributed by atoms with Crippen LogP contribution in [0.25, 0.3) is 0 Å². The van der Waals surface area contributed by atoms with Crippen LogP contribution < -0.4 is 9.64 Å². The minimum atomic E-state index is -0.0349. The van der Waals surface area contributed by atoms with Crippen molar-refractivity contribution in [2.45, 2.75) is 39.4 Å². The summed E-state index contributed by atoms with van der Waals surface area (Å²) in [5.74, 6) is 1.47. The standard InChI is InChI=1S/C25H28N2O/c1-17-5-9-20(10-6-17)24-19(3)27(22-13-7-18(2)8-14-22)25(26-24)21-11-15-23(28-4)16-12-21/h5,7-17,19,25H,6H2,1-4H3. The van der Waals surface area contributed by atoms with Gasteiger partial charge in [0.2, 0.25) is 0 Å². The van der Waals surface area contributed by atoms with E-state index in [4.69, 9.17) is 9.73 Å². The molecule has 2 aliphatic rings. The molecular weight excluding hydrogens is 344 g/mol. The van der Waals surface area contributed by atoms with Crippen LogP contribution in [-0.4, -0.2) is 18.9 Å². The van der Waals surface area contributed by atoms with E-state index in [-0.39, 0.29) is 12.2 Å². The fourth-order valence-corrected chi connectivity index (χ4v) is 3.97. The molecule has 144 valence electrons. The highest BCUT2D eigenvalue weighted by Gasteiger charge is 2.35. The molecule has 1 aliphatic heterocycles. The molecule has 0 radical (unpaired) electrons. The topological polar surface area (TPSA) is 24.8 Å². The molecule has 1 aliphatic carbocycles. The van der Waals surface area contributed by atoms with Gasteiger partial charge in [-0.3, -0.25) is 4.99 Å². The number of hydrogen-bond donors (Lipinski definition) is 0. The van der Waals surface area contributed by atoms with E-state index in [1.54, 1.807) is 7.11 Å². The van der Waals surface area contributed by atoms with E-state index in [1.807, 2.05) is 12.1 Å². The highest BCUT2D eigenvalue weighted by Crippen LogP contribution is 2.38. The third-order valence-corrected chi connectivity index (χ3v) is 5.69. The van der Waals surface area contributed by atoms with Crippen LogP contribution in [0.2, 0.25) is 0 Å². The van der Waals surface area contributed by atoms with Gasteiger partial charge in [0, 0.05) is 5.69 Å². The first-order chi connectivity index (χ1) is 13.6. The molecule has 1 heterocycles. The van der Waals surface area contributed by atoms with Gasteiger partial charge in [-0.1, -0.05) is 55.0 Å². The van der Waals surface area contributed by atoms with Crippen LogP contribution >= 0.6 is 0 Å². The summed E-state index contributed by atoms with van der Waals surface area (Å²) in [6.07, 6.45) is 7.92. The zero-order valence-electron chi connectivity index (χ0n) is 17.1. The molecule has 0 spiro atoms. The van der Waals surface area contributed by atoms with E-state index in [1.165, 1.54) is 28.1 Å². The van der Waals surface area contributed by atoms with Gasteiger partial charge in [-0.25, -0.2) is 0 Å². The quantitative estimate of drug-likeness (QED) is 0.670. The number of hydrogen-bond acceptors (Lipinski definition) is 3. The Morgan fingerprint density at radius 1 is 1.00 bits per heavy atom. The first kappa shape index (κ1) is 18.5. The van der Waals surface area contributed by atoms with Crippen molar-refractivity contribution >= 4 is 11.4 Å². The van der Waals surface area contributed by atoms with Gasteiger partial charge >= 0.3 is 0 Å². The summed E-state index contributed by atoms with van der Waals surface area (Å²) < 4.78 is 5.34. The molecule has 0 saturated heterocycles. The van der Waals surface area contributed by atoms with Crippen molar-refractivity contribution in [3.63, 3.8) is 0 Å². The molecule has 3 atom stereocenters. The van der Waals surface area contributed by atoms with E-state index in [2.05, 4.69) is 80.3 Å². The van der Waals surface area contributed by atoms with Crippen molar-refractivity contribution < 1.29 is 4.74 Å². The van der Waals surface area contributed by atoms with Gasteiger partial charge in [0.05, 0.1) is 18.9 Å². The lowest BCUT2D eigenvalue weighted by Crippen LogP contribution is -2.35. The van der Waals surface area contributed by atoms with Crippen LogP contribution in [0, 0.1) is 12.8 Å². The lowest BCUT2D eigenvalue weighted by molar-refractivity contribution is 0.414. The third kappa shape index (κ3) is 3.49. The minimum Gasteiger partial charge on any atom is -0.497 e. The van der Waals surface area contributed by atoms with Crippen molar-refractivity contribution in [2.75, 3.05) is 12.0 Å². The summed E-state index contributed by atoms with van der Waals surface area (Å²) in [5.41, 5.74) is 6.08. The summed E-state index contributed by atoms with van der Waals surface area (Å²) >= 11 is 0. The molecule has 3 heteroatoms. The van der Waals surface area contributed by atoms with Crippen LogP contribution in [0.3, 0.4) is 0 Å². The largest absolute Gasteiger partial charge is 0.497 e. The Hall–Kier alpha value is -2.81. The summed E-state index contributed by atoms with van der Waals surface area (Å²) in [7, 11) is 1.70. The number of benzene rings is 2. The number of nitrogens with zero attached hydrogens (tertiary/aromatic N) is 2. The molecule has 0 bridgehead atoms. The number of ether oxygens (including phenoxy) is 1. The van der Waals surface area contributed by atoms with Gasteiger partial charge in [0.1, 0.15) is 11.9 Å². The first-order valence-corrected chi connectivity index (χ1v) is 10.0. The van der Waals surface area contributed by atoms with Crippen molar-refractivity contribution in [2.24, 2.45) is 10.9 Å². The molecule has 4 rings (SSSR count). The molecule has 0 saturated carbocycles. The first-order valence-electron chi connectivity index (χ1n) is 10.0. The van der Waals surface area contributed by atoms with Crippen LogP contribution in [0.1, 0.15) is 37.6 Å². The van der Waals surface area contributed by atoms with Gasteiger partial charge in [-0.2, -0.15) is 0 Å². The highest BCUT2D eigenvalue weighted by atomic mass is 16.5. The summed E-state index contributed by atoms with van der Waals surface area (Å²) in [4.78, 5) is 7.63. The molecule has 0 fully saturated rings. The zero-order chi connectivity index (χ0) is 19.7. The monoisotopic (exact) mass is 372 g/mol. The van der Waals surface area contributed by atoms with Gasteiger partial charge < -0.3 is 9.64 Å². The number of rotatable bonds is 4. The van der Waals surface area contributed by atoms with Gasteiger partial charge in [-0.15, -0.1) is 0 Å². The molecule has 2 aromatic carbocycles. The van der Waals surface area contributed by atoms with E-state index in [0.717, 1.165) is 12.2 Å². The van der Waals surface area contributed by atoms with Crippen molar-refractivity contribution in [1.82, 2.24) is 0 Å². The summed E-state index contributed by atoms with van der Waals surface area (Å²) in [6.45, 7) is 6.64. The predicted molar refractivity (Wildman–Crippen MR) is 117 cm³/mol. The normalized spacial score (nSPS) is 24.1. The SMILES string of the molecule is COc1ccc(C2N=C(C3=CCC(C)C=C3)C(C)N2c2ccc(C)cc2)cc1. The molecular formula is C25H28N2O. The number of methoxy groups -OCH3 is 1. The fourth-order valence-electron chi connectivity index (χ4n) is 3.97. The summed E-state index contributed by atoms with van der Waals surface area (Å²) in [5, 5.41) is 0. The van der Waals surface area contributed by atoms with Crippen molar-refractivity contribution in [3.8, 4) is 5.75 Å².